The number of hydrogen-bond acceptors (Lipinski definition) is 5. The van der Waals surface area contributed by atoms with E-state index in [9.17, 15) is 4.79 Å². The lowest BCUT2D eigenvalue weighted by Gasteiger charge is -1.98. The summed E-state index contributed by atoms with van der Waals surface area (Å²) in [6.07, 6.45) is 0. The standard InChI is InChI=1S/C16H17N3O2S/c1-8(2)15-18-19-16(22-15)17-14(20)13-10(4)11-7-9(3)5-6-12(11)21-13/h5-8H,1-4H3,(H,17,19,20). The molecule has 0 aliphatic heterocycles. The van der Waals surface area contributed by atoms with E-state index >= 15 is 0 Å². The third-order valence-corrected chi connectivity index (χ3v) is 4.59. The van der Waals surface area contributed by atoms with E-state index in [2.05, 4.69) is 15.5 Å². The molecule has 0 aliphatic rings. The van der Waals surface area contributed by atoms with E-state index in [1.54, 1.807) is 0 Å². The number of aryl methyl sites for hydroxylation is 2. The minimum Gasteiger partial charge on any atom is -0.451 e. The van der Waals surface area contributed by atoms with Crippen LogP contribution in [0.2, 0.25) is 0 Å². The maximum atomic E-state index is 12.4. The van der Waals surface area contributed by atoms with Gasteiger partial charge in [0.2, 0.25) is 5.13 Å². The molecule has 22 heavy (non-hydrogen) atoms. The smallest absolute Gasteiger partial charge is 0.293 e. The normalized spacial score (nSPS) is 11.3. The Morgan fingerprint density at radius 2 is 2.05 bits per heavy atom. The number of furan rings is 1. The summed E-state index contributed by atoms with van der Waals surface area (Å²) in [5.41, 5.74) is 2.69. The molecule has 3 aromatic rings. The van der Waals surface area contributed by atoms with Crippen LogP contribution in [0.4, 0.5) is 5.13 Å². The lowest BCUT2D eigenvalue weighted by molar-refractivity contribution is 0.0998. The molecule has 1 aromatic carbocycles. The number of carbonyl (C=O) groups excluding carboxylic acids is 1. The second kappa shape index (κ2) is 5.53. The van der Waals surface area contributed by atoms with Gasteiger partial charge in [-0.3, -0.25) is 10.1 Å². The molecule has 0 aliphatic carbocycles. The van der Waals surface area contributed by atoms with Gasteiger partial charge in [0.1, 0.15) is 10.6 Å². The number of anilines is 1. The van der Waals surface area contributed by atoms with Gasteiger partial charge in [-0.05, 0) is 26.0 Å². The third-order valence-electron chi connectivity index (χ3n) is 3.45. The van der Waals surface area contributed by atoms with Crippen molar-refractivity contribution in [2.45, 2.75) is 33.6 Å². The molecule has 0 fully saturated rings. The molecule has 1 N–H and O–H groups in total. The van der Waals surface area contributed by atoms with Crippen LogP contribution in [0.1, 0.15) is 46.5 Å². The Labute approximate surface area is 132 Å². The maximum absolute atomic E-state index is 12.4. The molecule has 0 spiro atoms. The average molecular weight is 315 g/mol. The van der Waals surface area contributed by atoms with Crippen molar-refractivity contribution >= 4 is 33.3 Å². The van der Waals surface area contributed by atoms with Gasteiger partial charge in [0.15, 0.2) is 5.76 Å². The minimum absolute atomic E-state index is 0.291. The summed E-state index contributed by atoms with van der Waals surface area (Å²) >= 11 is 1.38. The van der Waals surface area contributed by atoms with Crippen LogP contribution >= 0.6 is 11.3 Å². The summed E-state index contributed by atoms with van der Waals surface area (Å²) in [6, 6.07) is 5.87. The predicted octanol–water partition coefficient (Wildman–Crippen LogP) is 4.28. The molecule has 0 unspecified atom stereocenters. The lowest BCUT2D eigenvalue weighted by Crippen LogP contribution is -2.11. The maximum Gasteiger partial charge on any atom is 0.293 e. The van der Waals surface area contributed by atoms with Crippen molar-refractivity contribution in [1.82, 2.24) is 10.2 Å². The number of benzene rings is 1. The van der Waals surface area contributed by atoms with Crippen molar-refractivity contribution < 1.29 is 9.21 Å². The van der Waals surface area contributed by atoms with Crippen LogP contribution in [0.5, 0.6) is 0 Å². The molecule has 0 saturated heterocycles. The zero-order valence-corrected chi connectivity index (χ0v) is 13.7. The van der Waals surface area contributed by atoms with Crippen molar-refractivity contribution in [1.29, 1.82) is 0 Å². The van der Waals surface area contributed by atoms with Crippen LogP contribution in [-0.4, -0.2) is 16.1 Å². The molecule has 0 bridgehead atoms. The fourth-order valence-electron chi connectivity index (χ4n) is 2.22. The Hall–Kier alpha value is -2.21. The van der Waals surface area contributed by atoms with E-state index in [0.717, 1.165) is 21.5 Å². The average Bonchev–Trinajstić information content (AvgIpc) is 3.05. The summed E-state index contributed by atoms with van der Waals surface area (Å²) in [4.78, 5) is 12.4. The summed E-state index contributed by atoms with van der Waals surface area (Å²) in [5.74, 6) is 0.318. The number of nitrogens with one attached hydrogen (secondary N) is 1. The van der Waals surface area contributed by atoms with Crippen molar-refractivity contribution in [2.75, 3.05) is 5.32 Å². The Bertz CT molecular complexity index is 848. The molecule has 2 heterocycles. The first-order valence-corrected chi connectivity index (χ1v) is 7.92. The molecule has 6 heteroatoms. The lowest BCUT2D eigenvalue weighted by atomic mass is 10.1. The summed E-state index contributed by atoms with van der Waals surface area (Å²) in [7, 11) is 0. The highest BCUT2D eigenvalue weighted by atomic mass is 32.1. The van der Waals surface area contributed by atoms with E-state index < -0.39 is 0 Å². The van der Waals surface area contributed by atoms with Crippen LogP contribution in [0.15, 0.2) is 22.6 Å². The van der Waals surface area contributed by atoms with Crippen molar-refractivity contribution in [3.8, 4) is 0 Å². The first kappa shape index (κ1) is 14.7. The van der Waals surface area contributed by atoms with Gasteiger partial charge in [-0.1, -0.05) is 36.8 Å². The number of fused-ring (bicyclic) bond motifs is 1. The molecule has 0 saturated carbocycles. The molecule has 114 valence electrons. The van der Waals surface area contributed by atoms with Crippen molar-refractivity contribution in [2.24, 2.45) is 0 Å². The number of amides is 1. The zero-order chi connectivity index (χ0) is 15.9. The Morgan fingerprint density at radius 1 is 1.27 bits per heavy atom. The number of rotatable bonds is 3. The molecule has 0 radical (unpaired) electrons. The van der Waals surface area contributed by atoms with E-state index in [1.165, 1.54) is 11.3 Å². The van der Waals surface area contributed by atoms with Gasteiger partial charge in [-0.15, -0.1) is 10.2 Å². The Morgan fingerprint density at radius 3 is 2.73 bits per heavy atom. The van der Waals surface area contributed by atoms with Crippen LogP contribution < -0.4 is 5.32 Å². The van der Waals surface area contributed by atoms with Gasteiger partial charge in [-0.25, -0.2) is 0 Å². The zero-order valence-electron chi connectivity index (χ0n) is 12.9. The van der Waals surface area contributed by atoms with Gasteiger partial charge in [-0.2, -0.15) is 0 Å². The predicted molar refractivity (Wildman–Crippen MR) is 87.6 cm³/mol. The van der Waals surface area contributed by atoms with E-state index in [1.807, 2.05) is 45.9 Å². The number of carbonyl (C=O) groups is 1. The van der Waals surface area contributed by atoms with Gasteiger partial charge in [0.05, 0.1) is 0 Å². The molecular formula is C16H17N3O2S. The number of aromatic nitrogens is 2. The second-order valence-corrected chi connectivity index (χ2v) is 6.62. The van der Waals surface area contributed by atoms with Crippen LogP contribution in [0.25, 0.3) is 11.0 Å². The summed E-state index contributed by atoms with van der Waals surface area (Å²) in [6.45, 7) is 7.98. The fraction of sp³-hybridized carbons (Fsp3) is 0.312. The molecule has 1 amide bonds. The van der Waals surface area contributed by atoms with E-state index in [-0.39, 0.29) is 5.91 Å². The molecule has 3 rings (SSSR count). The van der Waals surface area contributed by atoms with Gasteiger partial charge >= 0.3 is 0 Å². The van der Waals surface area contributed by atoms with Gasteiger partial charge < -0.3 is 4.42 Å². The molecule has 0 atom stereocenters. The number of hydrogen-bond donors (Lipinski definition) is 1. The molecule has 5 nitrogen and oxygen atoms in total. The fourth-order valence-corrected chi connectivity index (χ4v) is 2.96. The number of nitrogens with zero attached hydrogens (tertiary/aromatic N) is 2. The van der Waals surface area contributed by atoms with Gasteiger partial charge in [0.25, 0.3) is 5.91 Å². The van der Waals surface area contributed by atoms with Crippen LogP contribution in [0, 0.1) is 13.8 Å². The third kappa shape index (κ3) is 2.62. The Balaban J connectivity index is 1.90. The monoisotopic (exact) mass is 315 g/mol. The largest absolute Gasteiger partial charge is 0.451 e. The first-order chi connectivity index (χ1) is 10.5. The molecular weight excluding hydrogens is 298 g/mol. The topological polar surface area (TPSA) is 68.0 Å². The highest BCUT2D eigenvalue weighted by molar-refractivity contribution is 7.15. The van der Waals surface area contributed by atoms with E-state index in [0.29, 0.717) is 22.4 Å². The quantitative estimate of drug-likeness (QED) is 0.783. The summed E-state index contributed by atoms with van der Waals surface area (Å²) < 4.78 is 5.69. The highest BCUT2D eigenvalue weighted by Gasteiger charge is 2.19. The SMILES string of the molecule is Cc1ccc2oc(C(=O)Nc3nnc(C(C)C)s3)c(C)c2c1. The van der Waals surface area contributed by atoms with Crippen molar-refractivity contribution in [3.05, 3.63) is 40.1 Å². The first-order valence-electron chi connectivity index (χ1n) is 7.10. The van der Waals surface area contributed by atoms with Crippen LogP contribution in [-0.2, 0) is 0 Å². The molecule has 2 aromatic heterocycles. The van der Waals surface area contributed by atoms with Crippen molar-refractivity contribution in [3.63, 3.8) is 0 Å². The van der Waals surface area contributed by atoms with Crippen LogP contribution in [0.3, 0.4) is 0 Å². The van der Waals surface area contributed by atoms with Gasteiger partial charge in [0, 0.05) is 16.9 Å². The highest BCUT2D eigenvalue weighted by Crippen LogP contribution is 2.28. The minimum atomic E-state index is -0.294. The van der Waals surface area contributed by atoms with E-state index in [4.69, 9.17) is 4.42 Å². The Kier molecular flexibility index (Phi) is 3.70. The second-order valence-electron chi connectivity index (χ2n) is 5.61. The summed E-state index contributed by atoms with van der Waals surface area (Å²) in [5, 5.41) is 13.2.